The highest BCUT2D eigenvalue weighted by molar-refractivity contribution is 6.30. The van der Waals surface area contributed by atoms with E-state index in [9.17, 15) is 0 Å². The summed E-state index contributed by atoms with van der Waals surface area (Å²) < 4.78 is 5.37. The van der Waals surface area contributed by atoms with Gasteiger partial charge in [0, 0.05) is 11.1 Å². The van der Waals surface area contributed by atoms with Crippen LogP contribution in [0.4, 0.5) is 5.69 Å². The molecule has 110 valence electrons. The number of nitrogens with one attached hydrogen (secondary N) is 1. The molecule has 0 radical (unpaired) electrons. The van der Waals surface area contributed by atoms with Crippen molar-refractivity contribution in [3.05, 3.63) is 58.6 Å². The van der Waals surface area contributed by atoms with Crippen LogP contribution in [0.2, 0.25) is 5.02 Å². The zero-order valence-corrected chi connectivity index (χ0v) is 13.2. The van der Waals surface area contributed by atoms with Crippen molar-refractivity contribution in [2.24, 2.45) is 0 Å². The number of halogens is 1. The number of aryl methyl sites for hydroxylation is 1. The molecule has 2 aromatic rings. The van der Waals surface area contributed by atoms with Crippen molar-refractivity contribution in [2.75, 3.05) is 12.4 Å². The normalized spacial score (nSPS) is 20.7. The summed E-state index contributed by atoms with van der Waals surface area (Å²) in [5.41, 5.74) is 3.74. The molecular formula is C18H20ClNO. The van der Waals surface area contributed by atoms with Crippen molar-refractivity contribution in [1.82, 2.24) is 0 Å². The number of hydrogen-bond donors (Lipinski definition) is 1. The maximum absolute atomic E-state index is 6.06. The average Bonchev–Trinajstić information content (AvgIpc) is 2.44. The Labute approximate surface area is 131 Å². The number of rotatable bonds is 4. The fourth-order valence-electron chi connectivity index (χ4n) is 2.86. The number of hydrogen-bond acceptors (Lipinski definition) is 2. The van der Waals surface area contributed by atoms with Crippen molar-refractivity contribution >= 4 is 17.3 Å². The Morgan fingerprint density at radius 2 is 1.81 bits per heavy atom. The Hall–Kier alpha value is -1.67. The fraction of sp³-hybridized carbons (Fsp3) is 0.333. The van der Waals surface area contributed by atoms with Gasteiger partial charge in [-0.2, -0.15) is 0 Å². The van der Waals surface area contributed by atoms with Gasteiger partial charge in [-0.15, -0.1) is 0 Å². The molecule has 2 aromatic carbocycles. The topological polar surface area (TPSA) is 21.3 Å². The maximum Gasteiger partial charge on any atom is 0.142 e. The number of benzene rings is 2. The third-order valence-electron chi connectivity index (χ3n) is 4.21. The minimum absolute atomic E-state index is 0.490. The van der Waals surface area contributed by atoms with Crippen LogP contribution in [0.15, 0.2) is 42.5 Å². The first-order valence-corrected chi connectivity index (χ1v) is 7.70. The highest BCUT2D eigenvalue weighted by Gasteiger charge is 2.30. The van der Waals surface area contributed by atoms with Crippen LogP contribution >= 0.6 is 11.6 Å². The van der Waals surface area contributed by atoms with Crippen LogP contribution in [0.5, 0.6) is 5.75 Å². The Kier molecular flexibility index (Phi) is 4.07. The molecule has 1 fully saturated rings. The van der Waals surface area contributed by atoms with Gasteiger partial charge in [0.25, 0.3) is 0 Å². The van der Waals surface area contributed by atoms with Gasteiger partial charge in [0.05, 0.1) is 12.8 Å². The molecule has 0 atom stereocenters. The van der Waals surface area contributed by atoms with Gasteiger partial charge in [-0.3, -0.25) is 0 Å². The Morgan fingerprint density at radius 1 is 1.10 bits per heavy atom. The predicted octanol–water partition coefficient (Wildman–Crippen LogP) is 5.02. The minimum Gasteiger partial charge on any atom is -0.495 e. The molecule has 0 saturated heterocycles. The van der Waals surface area contributed by atoms with Gasteiger partial charge in [0.1, 0.15) is 5.75 Å². The van der Waals surface area contributed by atoms with Gasteiger partial charge in [0.15, 0.2) is 0 Å². The molecule has 2 nitrogen and oxygen atoms in total. The summed E-state index contributed by atoms with van der Waals surface area (Å²) in [4.78, 5) is 0. The lowest BCUT2D eigenvalue weighted by Gasteiger charge is -2.37. The summed E-state index contributed by atoms with van der Waals surface area (Å²) in [6, 6.07) is 15.0. The molecule has 0 amide bonds. The van der Waals surface area contributed by atoms with Crippen LogP contribution in [0.25, 0.3) is 0 Å². The first kappa shape index (κ1) is 14.3. The van der Waals surface area contributed by atoms with Gasteiger partial charge in [-0.05, 0) is 49.4 Å². The lowest BCUT2D eigenvalue weighted by atomic mass is 9.75. The molecule has 0 aromatic heterocycles. The van der Waals surface area contributed by atoms with E-state index >= 15 is 0 Å². The Morgan fingerprint density at radius 3 is 2.48 bits per heavy atom. The summed E-state index contributed by atoms with van der Waals surface area (Å²) in [5, 5.41) is 4.27. The van der Waals surface area contributed by atoms with Crippen molar-refractivity contribution in [2.45, 2.75) is 31.7 Å². The Bertz CT molecular complexity index is 618. The van der Waals surface area contributed by atoms with E-state index in [2.05, 4.69) is 36.5 Å². The summed E-state index contributed by atoms with van der Waals surface area (Å²) >= 11 is 6.06. The average molecular weight is 302 g/mol. The molecule has 0 spiro atoms. The standard InChI is InChI=1S/C18H20ClNO/c1-12-3-5-13(6-4-12)14-9-16(10-14)20-17-11-15(19)7-8-18(17)21-2/h3-8,11,14,16,20H,9-10H2,1-2H3. The maximum atomic E-state index is 6.06. The number of anilines is 1. The third kappa shape index (κ3) is 3.16. The van der Waals surface area contributed by atoms with Crippen molar-refractivity contribution in [3.8, 4) is 5.75 Å². The molecule has 1 aliphatic carbocycles. The van der Waals surface area contributed by atoms with Crippen LogP contribution in [0.1, 0.15) is 29.9 Å². The largest absolute Gasteiger partial charge is 0.495 e. The summed E-state index contributed by atoms with van der Waals surface area (Å²) in [6.07, 6.45) is 2.30. The van der Waals surface area contributed by atoms with E-state index in [0.29, 0.717) is 12.0 Å². The SMILES string of the molecule is COc1ccc(Cl)cc1NC1CC(c2ccc(C)cc2)C1. The molecule has 0 unspecified atom stereocenters. The molecule has 1 saturated carbocycles. The molecule has 0 bridgehead atoms. The van der Waals surface area contributed by atoms with Crippen LogP contribution in [-0.4, -0.2) is 13.2 Å². The number of ether oxygens (including phenoxy) is 1. The van der Waals surface area contributed by atoms with Crippen molar-refractivity contribution in [1.29, 1.82) is 0 Å². The van der Waals surface area contributed by atoms with Crippen LogP contribution in [0, 0.1) is 6.92 Å². The second kappa shape index (κ2) is 5.98. The molecule has 3 rings (SSSR count). The molecule has 0 heterocycles. The molecule has 3 heteroatoms. The van der Waals surface area contributed by atoms with Gasteiger partial charge < -0.3 is 10.1 Å². The van der Waals surface area contributed by atoms with Gasteiger partial charge in [-0.1, -0.05) is 41.4 Å². The van der Waals surface area contributed by atoms with E-state index in [0.717, 1.165) is 29.3 Å². The molecule has 1 aliphatic rings. The molecular weight excluding hydrogens is 282 g/mol. The summed E-state index contributed by atoms with van der Waals surface area (Å²) in [7, 11) is 1.68. The molecule has 0 aliphatic heterocycles. The van der Waals surface area contributed by atoms with Crippen molar-refractivity contribution < 1.29 is 4.74 Å². The van der Waals surface area contributed by atoms with Crippen molar-refractivity contribution in [3.63, 3.8) is 0 Å². The van der Waals surface area contributed by atoms with E-state index < -0.39 is 0 Å². The van der Waals surface area contributed by atoms with Crippen LogP contribution in [0.3, 0.4) is 0 Å². The van der Waals surface area contributed by atoms with Gasteiger partial charge in [0.2, 0.25) is 0 Å². The van der Waals surface area contributed by atoms with Crippen LogP contribution in [-0.2, 0) is 0 Å². The highest BCUT2D eigenvalue weighted by atomic mass is 35.5. The highest BCUT2D eigenvalue weighted by Crippen LogP contribution is 2.40. The van der Waals surface area contributed by atoms with Crippen LogP contribution < -0.4 is 10.1 Å². The zero-order valence-electron chi connectivity index (χ0n) is 12.4. The zero-order chi connectivity index (χ0) is 14.8. The second-order valence-corrected chi connectivity index (χ2v) is 6.20. The first-order valence-electron chi connectivity index (χ1n) is 7.32. The smallest absolute Gasteiger partial charge is 0.142 e. The lowest BCUT2D eigenvalue weighted by Crippen LogP contribution is -2.34. The van der Waals surface area contributed by atoms with E-state index in [1.54, 1.807) is 7.11 Å². The predicted molar refractivity (Wildman–Crippen MR) is 88.6 cm³/mol. The summed E-state index contributed by atoms with van der Waals surface area (Å²) in [5.74, 6) is 1.51. The van der Waals surface area contributed by atoms with Gasteiger partial charge in [-0.25, -0.2) is 0 Å². The first-order chi connectivity index (χ1) is 10.2. The van der Waals surface area contributed by atoms with E-state index in [1.165, 1.54) is 11.1 Å². The molecule has 1 N–H and O–H groups in total. The Balaban J connectivity index is 1.62. The second-order valence-electron chi connectivity index (χ2n) is 5.76. The van der Waals surface area contributed by atoms with Gasteiger partial charge >= 0.3 is 0 Å². The fourth-order valence-corrected chi connectivity index (χ4v) is 3.03. The quantitative estimate of drug-likeness (QED) is 0.856. The van der Waals surface area contributed by atoms with E-state index in [4.69, 9.17) is 16.3 Å². The van der Waals surface area contributed by atoms with E-state index in [1.807, 2.05) is 18.2 Å². The summed E-state index contributed by atoms with van der Waals surface area (Å²) in [6.45, 7) is 2.13. The van der Waals surface area contributed by atoms with E-state index in [-0.39, 0.29) is 0 Å². The number of methoxy groups -OCH3 is 1. The minimum atomic E-state index is 0.490. The third-order valence-corrected chi connectivity index (χ3v) is 4.44. The molecule has 21 heavy (non-hydrogen) atoms. The monoisotopic (exact) mass is 301 g/mol. The lowest BCUT2D eigenvalue weighted by molar-refractivity contribution is 0.370.